The number of hydrogen-bond donors (Lipinski definition) is 1. The number of nitrogens with zero attached hydrogens (tertiary/aromatic N) is 5. The quantitative estimate of drug-likeness (QED) is 0.578. The van der Waals surface area contributed by atoms with Gasteiger partial charge in [0.2, 0.25) is 5.95 Å². The van der Waals surface area contributed by atoms with Crippen LogP contribution in [0.1, 0.15) is 6.99 Å². The largest absolute Gasteiger partial charge is 0.416 e. The number of hydrogen-bond acceptors (Lipinski definition) is 6. The highest BCUT2D eigenvalue weighted by Gasteiger charge is 2.33. The van der Waals surface area contributed by atoms with Gasteiger partial charge in [-0.05, 0) is 36.4 Å². The maximum absolute atomic E-state index is 13.6. The van der Waals surface area contributed by atoms with E-state index in [4.69, 9.17) is 4.74 Å². The third-order valence-corrected chi connectivity index (χ3v) is 5.88. The van der Waals surface area contributed by atoms with E-state index in [2.05, 4.69) is 20.3 Å². The van der Waals surface area contributed by atoms with Gasteiger partial charge in [-0.25, -0.2) is 9.07 Å². The van der Waals surface area contributed by atoms with Gasteiger partial charge < -0.3 is 15.0 Å². The van der Waals surface area contributed by atoms with Crippen molar-refractivity contribution in [3.63, 3.8) is 0 Å². The first-order valence-electron chi connectivity index (χ1n) is 10.6. The molecule has 2 saturated heterocycles. The van der Waals surface area contributed by atoms with Crippen LogP contribution in [-0.4, -0.2) is 65.1 Å². The first-order valence-corrected chi connectivity index (χ1v) is 10.6. The van der Waals surface area contributed by atoms with Gasteiger partial charge in [0.1, 0.15) is 12.1 Å². The summed E-state index contributed by atoms with van der Waals surface area (Å²) in [5, 5.41) is 7.07. The number of aromatic nitrogens is 3. The molecule has 0 saturated carbocycles. The lowest BCUT2D eigenvalue weighted by Crippen LogP contribution is -2.56. The zero-order valence-electron chi connectivity index (χ0n) is 17.6. The summed E-state index contributed by atoms with van der Waals surface area (Å²) in [6, 6.07) is 10.1. The number of anilines is 3. The average molecular weight is 464 g/mol. The molecule has 1 aromatic heterocycles. The van der Waals surface area contributed by atoms with E-state index in [1.807, 2.05) is 4.90 Å². The van der Waals surface area contributed by atoms with Gasteiger partial charge in [-0.1, -0.05) is 6.07 Å². The van der Waals surface area contributed by atoms with Crippen LogP contribution in [0.25, 0.3) is 5.69 Å². The maximum Gasteiger partial charge on any atom is 0.416 e. The third-order valence-electron chi connectivity index (χ3n) is 5.88. The molecule has 2 aliphatic rings. The molecule has 0 amide bonds. The Labute approximate surface area is 189 Å². The van der Waals surface area contributed by atoms with E-state index in [1.165, 1.54) is 35.3 Å². The number of rotatable bonds is 5. The van der Waals surface area contributed by atoms with Gasteiger partial charge in [0.25, 0.3) is 0 Å². The summed E-state index contributed by atoms with van der Waals surface area (Å²) in [6.45, 7) is 4.23. The second-order valence-electron chi connectivity index (χ2n) is 8.10. The zero-order valence-corrected chi connectivity index (χ0v) is 17.6. The monoisotopic (exact) mass is 464 g/mol. The predicted octanol–water partition coefficient (Wildman–Crippen LogP) is 3.94. The van der Waals surface area contributed by atoms with Crippen molar-refractivity contribution in [3.05, 3.63) is 60.2 Å². The minimum absolute atomic E-state index is 0. The van der Waals surface area contributed by atoms with Crippen molar-refractivity contribution in [3.8, 4) is 5.69 Å². The fourth-order valence-electron chi connectivity index (χ4n) is 4.00. The molecule has 5 rings (SSSR count). The summed E-state index contributed by atoms with van der Waals surface area (Å²) in [5.74, 6) is -0.315. The lowest BCUT2D eigenvalue weighted by Gasteiger charge is -2.43. The zero-order chi connectivity index (χ0) is 23.0. The molecule has 7 nitrogen and oxygen atoms in total. The number of nitrogens with one attached hydrogen (secondary N) is 1. The number of piperazine rings is 1. The van der Waals surface area contributed by atoms with E-state index in [0.29, 0.717) is 43.7 Å². The van der Waals surface area contributed by atoms with Crippen LogP contribution in [0, 0.1) is 5.82 Å². The van der Waals surface area contributed by atoms with E-state index in [9.17, 15) is 17.6 Å². The molecule has 3 heterocycles. The molecule has 176 valence electrons. The summed E-state index contributed by atoms with van der Waals surface area (Å²) in [4.78, 5) is 8.37. The second-order valence-corrected chi connectivity index (χ2v) is 8.10. The van der Waals surface area contributed by atoms with Crippen molar-refractivity contribution in [2.45, 2.75) is 12.2 Å². The third kappa shape index (κ3) is 4.79. The van der Waals surface area contributed by atoms with Crippen molar-refractivity contribution in [1.82, 2.24) is 19.7 Å². The topological polar surface area (TPSA) is 58.5 Å². The Balaban J connectivity index is 0.00000274. The highest BCUT2D eigenvalue weighted by Crippen LogP contribution is 2.35. The smallest absolute Gasteiger partial charge is 0.378 e. The Hall–Kier alpha value is -3.18. The molecule has 0 unspecified atom stereocenters. The molecule has 2 fully saturated rings. The van der Waals surface area contributed by atoms with Crippen LogP contribution in [0.4, 0.5) is 34.9 Å². The summed E-state index contributed by atoms with van der Waals surface area (Å²) < 4.78 is 60.9. The fourth-order valence-corrected chi connectivity index (χ4v) is 4.00. The Morgan fingerprint density at radius 1 is 1.00 bits per heavy atom. The minimum Gasteiger partial charge on any atom is -0.378 e. The standard InChI is InChI=1S/C22H22F4N6O.H2/c23-16-2-1-3-18(10-16)32-14-27-21(29-32)28-17-8-15(22(24,25)26)9-19(11-17)30-4-6-31(7-5-30)20-12-33-13-20;/h1-3,8-11,14,20H,4-7,12-13H2,(H,28,29);1H. The SMILES string of the molecule is Fc1cccc(-n2cnc(Nc3cc(N4CCN(C5COC5)CC4)cc(C(F)(F)F)c3)n2)c1.[HH]. The Bertz CT molecular complexity index is 1130. The van der Waals surface area contributed by atoms with Crippen molar-refractivity contribution < 1.29 is 23.7 Å². The molecule has 2 aromatic carbocycles. The average Bonchev–Trinajstić information content (AvgIpc) is 3.21. The maximum atomic E-state index is 13.6. The molecule has 2 aliphatic heterocycles. The lowest BCUT2D eigenvalue weighted by molar-refractivity contribution is -0.137. The van der Waals surface area contributed by atoms with Crippen LogP contribution < -0.4 is 10.2 Å². The van der Waals surface area contributed by atoms with Crippen LogP contribution in [0.15, 0.2) is 48.8 Å². The van der Waals surface area contributed by atoms with Crippen molar-refractivity contribution in [1.29, 1.82) is 0 Å². The molecule has 0 spiro atoms. The van der Waals surface area contributed by atoms with Gasteiger partial charge in [-0.3, -0.25) is 4.90 Å². The van der Waals surface area contributed by atoms with Crippen molar-refractivity contribution >= 4 is 17.3 Å². The fraction of sp³-hybridized carbons (Fsp3) is 0.364. The number of alkyl halides is 3. The van der Waals surface area contributed by atoms with Crippen molar-refractivity contribution in [2.24, 2.45) is 0 Å². The molecule has 1 N–H and O–H groups in total. The molecule has 0 bridgehead atoms. The molecule has 0 aliphatic carbocycles. The van der Waals surface area contributed by atoms with Gasteiger partial charge in [-0.15, -0.1) is 5.10 Å². The summed E-state index contributed by atoms with van der Waals surface area (Å²) >= 11 is 0. The number of ether oxygens (including phenoxy) is 1. The Morgan fingerprint density at radius 2 is 1.79 bits per heavy atom. The summed E-state index contributed by atoms with van der Waals surface area (Å²) in [5.41, 5.74) is 0.421. The van der Waals surface area contributed by atoms with Crippen molar-refractivity contribution in [2.75, 3.05) is 49.6 Å². The van der Waals surface area contributed by atoms with Crippen LogP contribution >= 0.6 is 0 Å². The van der Waals surface area contributed by atoms with E-state index in [-0.39, 0.29) is 13.1 Å². The molecule has 0 atom stereocenters. The predicted molar refractivity (Wildman–Crippen MR) is 117 cm³/mol. The highest BCUT2D eigenvalue weighted by atomic mass is 19.4. The Morgan fingerprint density at radius 3 is 2.45 bits per heavy atom. The van der Waals surface area contributed by atoms with E-state index < -0.39 is 17.6 Å². The van der Waals surface area contributed by atoms with Gasteiger partial charge in [0, 0.05) is 39.0 Å². The highest BCUT2D eigenvalue weighted by molar-refractivity contribution is 5.64. The van der Waals surface area contributed by atoms with Crippen LogP contribution in [-0.2, 0) is 10.9 Å². The molecular weight excluding hydrogens is 440 g/mol. The Kier molecular flexibility index (Phi) is 5.67. The molecular formula is C22H24F4N6O. The van der Waals surface area contributed by atoms with Gasteiger partial charge in [0.05, 0.1) is 30.5 Å². The summed E-state index contributed by atoms with van der Waals surface area (Å²) in [6.07, 6.45) is -3.12. The second kappa shape index (κ2) is 8.64. The first-order chi connectivity index (χ1) is 15.8. The van der Waals surface area contributed by atoms with E-state index in [1.54, 1.807) is 12.1 Å². The normalized spacial score (nSPS) is 17.8. The van der Waals surface area contributed by atoms with Crippen LogP contribution in [0.3, 0.4) is 0 Å². The van der Waals surface area contributed by atoms with Gasteiger partial charge >= 0.3 is 6.18 Å². The van der Waals surface area contributed by atoms with Gasteiger partial charge in [-0.2, -0.15) is 18.2 Å². The summed E-state index contributed by atoms with van der Waals surface area (Å²) in [7, 11) is 0. The number of benzene rings is 2. The molecule has 3 aromatic rings. The lowest BCUT2D eigenvalue weighted by atomic mass is 10.1. The molecule has 0 radical (unpaired) electrons. The van der Waals surface area contributed by atoms with Gasteiger partial charge in [0.15, 0.2) is 0 Å². The van der Waals surface area contributed by atoms with Crippen LogP contribution in [0.2, 0.25) is 0 Å². The van der Waals surface area contributed by atoms with E-state index >= 15 is 0 Å². The molecule has 33 heavy (non-hydrogen) atoms. The minimum atomic E-state index is -4.49. The van der Waals surface area contributed by atoms with Crippen LogP contribution in [0.5, 0.6) is 0 Å². The first kappa shape index (κ1) is 21.7. The van der Waals surface area contributed by atoms with E-state index in [0.717, 1.165) is 19.2 Å². The number of halogens is 4. The molecule has 11 heteroatoms.